The molecule has 0 bridgehead atoms. The molecule has 0 N–H and O–H groups in total. The Labute approximate surface area is 128 Å². The molecule has 0 heterocycles. The highest BCUT2D eigenvalue weighted by atomic mass is 14.1. The van der Waals surface area contributed by atoms with Gasteiger partial charge in [0.25, 0.3) is 0 Å². The first kappa shape index (κ1) is 11.8. The molecule has 0 aliphatic heterocycles. The second kappa shape index (κ2) is 4.32. The molecule has 0 atom stereocenters. The van der Waals surface area contributed by atoms with Crippen molar-refractivity contribution in [1.29, 1.82) is 0 Å². The van der Waals surface area contributed by atoms with E-state index in [0.29, 0.717) is 0 Å². The monoisotopic (exact) mass is 278 g/mol. The van der Waals surface area contributed by atoms with E-state index in [9.17, 15) is 0 Å². The summed E-state index contributed by atoms with van der Waals surface area (Å²) in [6.45, 7) is 0. The van der Waals surface area contributed by atoms with Crippen molar-refractivity contribution >= 4 is 33.7 Å². The summed E-state index contributed by atoms with van der Waals surface area (Å²) in [7, 11) is 0. The van der Waals surface area contributed by atoms with Crippen LogP contribution >= 0.6 is 0 Å². The molecule has 0 saturated carbocycles. The van der Waals surface area contributed by atoms with Crippen LogP contribution in [-0.2, 0) is 0 Å². The van der Waals surface area contributed by atoms with Crippen LogP contribution < -0.4 is 10.4 Å². The molecule has 0 amide bonds. The Morgan fingerprint density at radius 2 is 1.23 bits per heavy atom. The molecule has 5 rings (SSSR count). The van der Waals surface area contributed by atoms with Crippen LogP contribution in [-0.4, -0.2) is 0 Å². The first-order valence-corrected chi connectivity index (χ1v) is 7.63. The van der Waals surface area contributed by atoms with E-state index in [0.717, 1.165) is 0 Å². The first-order valence-electron chi connectivity index (χ1n) is 7.63. The van der Waals surface area contributed by atoms with Gasteiger partial charge in [0.15, 0.2) is 0 Å². The Bertz CT molecular complexity index is 1160. The third kappa shape index (κ3) is 1.58. The first-order chi connectivity index (χ1) is 10.9. The Balaban J connectivity index is 2.08. The van der Waals surface area contributed by atoms with E-state index in [-0.39, 0.29) is 0 Å². The maximum Gasteiger partial charge on any atom is -0.00384 e. The van der Waals surface area contributed by atoms with Crippen molar-refractivity contribution in [3.05, 3.63) is 94.4 Å². The van der Waals surface area contributed by atoms with Crippen molar-refractivity contribution in [3.63, 3.8) is 0 Å². The third-order valence-electron chi connectivity index (χ3n) is 4.58. The largest absolute Gasteiger partial charge is 0.0616 e. The number of hydrogen-bond acceptors (Lipinski definition) is 0. The van der Waals surface area contributed by atoms with Gasteiger partial charge in [-0.05, 0) is 55.3 Å². The van der Waals surface area contributed by atoms with Crippen molar-refractivity contribution in [1.82, 2.24) is 0 Å². The molecule has 0 radical (unpaired) electrons. The normalized spacial score (nSPS) is 12.4. The maximum absolute atomic E-state index is 2.34. The summed E-state index contributed by atoms with van der Waals surface area (Å²) in [5.41, 5.74) is 2.61. The molecule has 4 aromatic carbocycles. The molecule has 4 aromatic rings. The summed E-state index contributed by atoms with van der Waals surface area (Å²) in [4.78, 5) is 0. The molecule has 0 nitrogen and oxygen atoms in total. The molecule has 102 valence electrons. The molecule has 0 saturated heterocycles. The zero-order valence-corrected chi connectivity index (χ0v) is 12.1. The van der Waals surface area contributed by atoms with Crippen molar-refractivity contribution in [3.8, 4) is 0 Å². The summed E-state index contributed by atoms with van der Waals surface area (Å²) < 4.78 is 0. The maximum atomic E-state index is 2.34. The Morgan fingerprint density at radius 3 is 2.09 bits per heavy atom. The Kier molecular flexibility index (Phi) is 2.31. The lowest BCUT2D eigenvalue weighted by molar-refractivity contribution is 1.58. The van der Waals surface area contributed by atoms with E-state index in [1.54, 1.807) is 0 Å². The van der Waals surface area contributed by atoms with Gasteiger partial charge in [0.1, 0.15) is 0 Å². The second-order valence-electron chi connectivity index (χ2n) is 5.87. The predicted molar refractivity (Wildman–Crippen MR) is 94.3 cm³/mol. The standard InChI is InChI=1S/C22H14/c1-2-10-20-15(5-1)11-12-17-13-18-8-3-6-16-7-4-9-19(22(16)18)14-21(17)20/h1-14H. The lowest BCUT2D eigenvalue weighted by Gasteiger charge is -2.04. The molecular formula is C22H14. The van der Waals surface area contributed by atoms with Gasteiger partial charge in [-0.25, -0.2) is 0 Å². The van der Waals surface area contributed by atoms with Gasteiger partial charge in [-0.2, -0.15) is 0 Å². The summed E-state index contributed by atoms with van der Waals surface area (Å²) >= 11 is 0. The lowest BCUT2D eigenvalue weighted by atomic mass is 9.99. The highest BCUT2D eigenvalue weighted by Gasteiger charge is 2.07. The molecule has 0 aromatic heterocycles. The topological polar surface area (TPSA) is 0 Å². The van der Waals surface area contributed by atoms with Crippen LogP contribution in [0.4, 0.5) is 0 Å². The van der Waals surface area contributed by atoms with E-state index < -0.39 is 0 Å². The molecule has 22 heavy (non-hydrogen) atoms. The molecule has 0 fully saturated rings. The van der Waals surface area contributed by atoms with Crippen molar-refractivity contribution < 1.29 is 0 Å². The number of hydrogen-bond donors (Lipinski definition) is 0. The van der Waals surface area contributed by atoms with E-state index >= 15 is 0 Å². The van der Waals surface area contributed by atoms with Crippen LogP contribution in [0.15, 0.2) is 72.8 Å². The Hall–Kier alpha value is -2.86. The SMILES string of the molecule is C1=c2ccc3ccccc3c2=Cc2cccc3cccc1c23. The van der Waals surface area contributed by atoms with Crippen LogP contribution in [0.1, 0.15) is 11.1 Å². The number of fused-ring (bicyclic) bond motifs is 3. The molecular weight excluding hydrogens is 264 g/mol. The fraction of sp³-hybridized carbons (Fsp3) is 0. The van der Waals surface area contributed by atoms with Gasteiger partial charge < -0.3 is 0 Å². The Morgan fingerprint density at radius 1 is 0.500 bits per heavy atom. The summed E-state index contributed by atoms with van der Waals surface area (Å²) in [5.74, 6) is 0. The minimum absolute atomic E-state index is 1.29. The fourth-order valence-electron chi connectivity index (χ4n) is 3.56. The zero-order valence-electron chi connectivity index (χ0n) is 12.1. The molecule has 0 heteroatoms. The van der Waals surface area contributed by atoms with Gasteiger partial charge in [0, 0.05) is 0 Å². The summed E-state index contributed by atoms with van der Waals surface area (Å²) in [5, 5.41) is 7.89. The summed E-state index contributed by atoms with van der Waals surface area (Å²) in [6, 6.07) is 26.2. The second-order valence-corrected chi connectivity index (χ2v) is 5.87. The highest BCUT2D eigenvalue weighted by molar-refractivity contribution is 5.99. The lowest BCUT2D eigenvalue weighted by Crippen LogP contribution is -2.24. The van der Waals surface area contributed by atoms with Crippen LogP contribution in [0.3, 0.4) is 0 Å². The van der Waals surface area contributed by atoms with Crippen LogP contribution in [0, 0.1) is 0 Å². The van der Waals surface area contributed by atoms with E-state index in [1.165, 1.54) is 43.1 Å². The molecule has 1 aliphatic carbocycles. The van der Waals surface area contributed by atoms with Gasteiger partial charge in [-0.1, -0.05) is 72.8 Å². The average molecular weight is 278 g/mol. The van der Waals surface area contributed by atoms with Gasteiger partial charge in [0.2, 0.25) is 0 Å². The van der Waals surface area contributed by atoms with Gasteiger partial charge in [-0.3, -0.25) is 0 Å². The fourth-order valence-corrected chi connectivity index (χ4v) is 3.56. The predicted octanol–water partition coefficient (Wildman–Crippen LogP) is 3.96. The minimum Gasteiger partial charge on any atom is -0.0616 e. The van der Waals surface area contributed by atoms with Crippen LogP contribution in [0.5, 0.6) is 0 Å². The van der Waals surface area contributed by atoms with E-state index in [1.807, 2.05) is 0 Å². The van der Waals surface area contributed by atoms with Crippen LogP contribution in [0.2, 0.25) is 0 Å². The average Bonchev–Trinajstić information content (AvgIpc) is 2.73. The number of benzene rings is 4. The van der Waals surface area contributed by atoms with Gasteiger partial charge >= 0.3 is 0 Å². The smallest absolute Gasteiger partial charge is 0.00384 e. The highest BCUT2D eigenvalue weighted by Crippen LogP contribution is 2.25. The quantitative estimate of drug-likeness (QED) is 0.402. The summed E-state index contributed by atoms with van der Waals surface area (Å²) in [6.07, 6.45) is 4.66. The molecule has 1 aliphatic rings. The van der Waals surface area contributed by atoms with Gasteiger partial charge in [-0.15, -0.1) is 0 Å². The van der Waals surface area contributed by atoms with E-state index in [2.05, 4.69) is 84.9 Å². The third-order valence-corrected chi connectivity index (χ3v) is 4.58. The molecule has 0 unspecified atom stereocenters. The van der Waals surface area contributed by atoms with Crippen molar-refractivity contribution in [2.45, 2.75) is 0 Å². The van der Waals surface area contributed by atoms with Crippen LogP contribution in [0.25, 0.3) is 33.7 Å². The van der Waals surface area contributed by atoms with Crippen molar-refractivity contribution in [2.24, 2.45) is 0 Å². The minimum atomic E-state index is 1.29. The van der Waals surface area contributed by atoms with Gasteiger partial charge in [0.05, 0.1) is 0 Å². The zero-order chi connectivity index (χ0) is 14.5. The van der Waals surface area contributed by atoms with E-state index in [4.69, 9.17) is 0 Å². The molecule has 0 spiro atoms. The van der Waals surface area contributed by atoms with Crippen molar-refractivity contribution in [2.75, 3.05) is 0 Å². The number of rotatable bonds is 0.